The summed E-state index contributed by atoms with van der Waals surface area (Å²) in [7, 11) is 0. The Morgan fingerprint density at radius 2 is 2.62 bits per heavy atom. The molecule has 1 heterocycles. The van der Waals surface area contributed by atoms with Gasteiger partial charge in [0.05, 0.1) is 0 Å². The summed E-state index contributed by atoms with van der Waals surface area (Å²) in [6.07, 6.45) is 3.82. The predicted molar refractivity (Wildman–Crippen MR) is 52.6 cm³/mol. The van der Waals surface area contributed by atoms with Crippen molar-refractivity contribution in [1.82, 2.24) is 15.2 Å². The van der Waals surface area contributed by atoms with E-state index in [4.69, 9.17) is 0 Å². The van der Waals surface area contributed by atoms with Crippen LogP contribution in [0.2, 0.25) is 0 Å². The second kappa shape index (κ2) is 4.86. The topological polar surface area (TPSA) is 70.7 Å². The number of thioether (sulfide) groups is 1. The number of aromatic nitrogens is 3. The van der Waals surface area contributed by atoms with E-state index in [0.717, 1.165) is 0 Å². The minimum absolute atomic E-state index is 0.0430. The Labute approximate surface area is 80.7 Å². The Balaban J connectivity index is 2.34. The number of rotatable bonds is 4. The summed E-state index contributed by atoms with van der Waals surface area (Å²) < 4.78 is 0. The second-order valence-corrected chi connectivity index (χ2v) is 3.91. The van der Waals surface area contributed by atoms with Gasteiger partial charge in [0.2, 0.25) is 11.9 Å². The van der Waals surface area contributed by atoms with Crippen LogP contribution in [0.3, 0.4) is 0 Å². The van der Waals surface area contributed by atoms with Gasteiger partial charge in [-0.3, -0.25) is 10.1 Å². The number of nitrogens with zero attached hydrogens (tertiary/aromatic N) is 2. The van der Waals surface area contributed by atoms with Crippen molar-refractivity contribution < 1.29 is 4.79 Å². The summed E-state index contributed by atoms with van der Waals surface area (Å²) in [5.74, 6) is 0.358. The van der Waals surface area contributed by atoms with Crippen molar-refractivity contribution in [3.05, 3.63) is 6.33 Å². The molecule has 0 aliphatic heterocycles. The lowest BCUT2D eigenvalue weighted by atomic mass is 10.3. The molecule has 0 spiro atoms. The number of anilines is 1. The molecule has 13 heavy (non-hydrogen) atoms. The first kappa shape index (κ1) is 10.0. The van der Waals surface area contributed by atoms with E-state index in [1.807, 2.05) is 13.2 Å². The van der Waals surface area contributed by atoms with E-state index in [9.17, 15) is 4.79 Å². The Kier molecular flexibility index (Phi) is 3.75. The molecule has 1 rings (SSSR count). The van der Waals surface area contributed by atoms with E-state index in [1.165, 1.54) is 6.33 Å². The fraction of sp³-hybridized carbons (Fsp3) is 0.571. The average Bonchev–Trinajstić information content (AvgIpc) is 2.56. The highest BCUT2D eigenvalue weighted by atomic mass is 32.2. The molecule has 72 valence electrons. The van der Waals surface area contributed by atoms with Crippen LogP contribution in [-0.2, 0) is 4.79 Å². The van der Waals surface area contributed by atoms with Gasteiger partial charge in [0, 0.05) is 11.7 Å². The molecule has 0 aromatic carbocycles. The van der Waals surface area contributed by atoms with Gasteiger partial charge in [-0.1, -0.05) is 6.92 Å². The van der Waals surface area contributed by atoms with Crippen LogP contribution in [0.5, 0.6) is 0 Å². The number of aromatic amines is 1. The summed E-state index contributed by atoms with van der Waals surface area (Å²) >= 11 is 1.66. The Morgan fingerprint density at radius 1 is 1.85 bits per heavy atom. The zero-order chi connectivity index (χ0) is 9.68. The minimum Gasteiger partial charge on any atom is -0.295 e. The summed E-state index contributed by atoms with van der Waals surface area (Å²) in [4.78, 5) is 15.1. The molecule has 0 fully saturated rings. The van der Waals surface area contributed by atoms with Crippen LogP contribution in [0.4, 0.5) is 5.95 Å². The van der Waals surface area contributed by atoms with E-state index in [0.29, 0.717) is 17.6 Å². The van der Waals surface area contributed by atoms with Crippen molar-refractivity contribution >= 4 is 23.6 Å². The maximum absolute atomic E-state index is 11.3. The van der Waals surface area contributed by atoms with Crippen molar-refractivity contribution in [1.29, 1.82) is 0 Å². The third kappa shape index (κ3) is 3.45. The number of nitrogens with one attached hydrogen (secondary N) is 2. The van der Waals surface area contributed by atoms with Crippen molar-refractivity contribution in [3.63, 3.8) is 0 Å². The molecule has 6 heteroatoms. The van der Waals surface area contributed by atoms with Gasteiger partial charge in [-0.15, -0.1) is 0 Å². The number of carbonyl (C=O) groups excluding carboxylic acids is 1. The van der Waals surface area contributed by atoms with Gasteiger partial charge in [-0.05, 0) is 6.26 Å². The molecule has 1 aromatic rings. The van der Waals surface area contributed by atoms with Crippen molar-refractivity contribution in [2.75, 3.05) is 11.6 Å². The number of hydrogen-bond donors (Lipinski definition) is 2. The summed E-state index contributed by atoms with van der Waals surface area (Å²) in [5.41, 5.74) is 0. The monoisotopic (exact) mass is 200 g/mol. The van der Waals surface area contributed by atoms with Gasteiger partial charge < -0.3 is 0 Å². The SMILES string of the molecule is CSC(C)CC(=O)Nc1ncn[nH]1. The highest BCUT2D eigenvalue weighted by molar-refractivity contribution is 7.99. The molecule has 1 amide bonds. The fourth-order valence-corrected chi connectivity index (χ4v) is 1.11. The van der Waals surface area contributed by atoms with Crippen LogP contribution in [0.15, 0.2) is 6.33 Å². The average molecular weight is 200 g/mol. The van der Waals surface area contributed by atoms with Crippen LogP contribution in [0, 0.1) is 0 Å². The first-order chi connectivity index (χ1) is 6.22. The maximum Gasteiger partial charge on any atom is 0.227 e. The van der Waals surface area contributed by atoms with Gasteiger partial charge in [0.1, 0.15) is 6.33 Å². The van der Waals surface area contributed by atoms with Crippen LogP contribution in [0.1, 0.15) is 13.3 Å². The normalized spacial score (nSPS) is 12.5. The third-order valence-electron chi connectivity index (χ3n) is 1.55. The highest BCUT2D eigenvalue weighted by Gasteiger charge is 2.08. The van der Waals surface area contributed by atoms with Crippen LogP contribution in [-0.4, -0.2) is 32.6 Å². The molecule has 0 aliphatic rings. The zero-order valence-corrected chi connectivity index (χ0v) is 8.39. The molecular formula is C7H12N4OS. The van der Waals surface area contributed by atoms with Crippen molar-refractivity contribution in [2.45, 2.75) is 18.6 Å². The van der Waals surface area contributed by atoms with Crippen molar-refractivity contribution in [3.8, 4) is 0 Å². The minimum atomic E-state index is -0.0430. The van der Waals surface area contributed by atoms with Gasteiger partial charge >= 0.3 is 0 Å². The largest absolute Gasteiger partial charge is 0.295 e. The molecule has 0 bridgehead atoms. The van der Waals surface area contributed by atoms with Gasteiger partial charge in [0.25, 0.3) is 0 Å². The lowest BCUT2D eigenvalue weighted by Crippen LogP contribution is -2.16. The molecule has 1 aromatic heterocycles. The molecule has 0 saturated carbocycles. The number of amides is 1. The lowest BCUT2D eigenvalue weighted by Gasteiger charge is -2.06. The smallest absolute Gasteiger partial charge is 0.227 e. The zero-order valence-electron chi connectivity index (χ0n) is 7.57. The first-order valence-electron chi connectivity index (χ1n) is 3.90. The molecule has 1 unspecified atom stereocenters. The molecule has 1 atom stereocenters. The number of carbonyl (C=O) groups is 1. The lowest BCUT2D eigenvalue weighted by molar-refractivity contribution is -0.116. The van der Waals surface area contributed by atoms with Gasteiger partial charge in [0.15, 0.2) is 0 Å². The van der Waals surface area contributed by atoms with Crippen LogP contribution >= 0.6 is 11.8 Å². The Hall–Kier alpha value is -1.04. The summed E-state index contributed by atoms with van der Waals surface area (Å²) in [6.45, 7) is 2.00. The van der Waals surface area contributed by atoms with Gasteiger partial charge in [-0.2, -0.15) is 21.8 Å². The fourth-order valence-electron chi connectivity index (χ4n) is 0.793. The van der Waals surface area contributed by atoms with E-state index in [2.05, 4.69) is 20.5 Å². The Morgan fingerprint density at radius 3 is 3.15 bits per heavy atom. The van der Waals surface area contributed by atoms with E-state index >= 15 is 0 Å². The summed E-state index contributed by atoms with van der Waals surface area (Å²) in [6, 6.07) is 0. The molecule has 5 nitrogen and oxygen atoms in total. The van der Waals surface area contributed by atoms with Crippen molar-refractivity contribution in [2.24, 2.45) is 0 Å². The van der Waals surface area contributed by atoms with Crippen LogP contribution < -0.4 is 5.32 Å². The highest BCUT2D eigenvalue weighted by Crippen LogP contribution is 2.09. The first-order valence-corrected chi connectivity index (χ1v) is 5.19. The van der Waals surface area contributed by atoms with E-state index < -0.39 is 0 Å². The standard InChI is InChI=1S/C7H12N4OS/c1-5(13-2)3-6(12)10-7-8-4-9-11-7/h4-5H,3H2,1-2H3,(H2,8,9,10,11,12). The van der Waals surface area contributed by atoms with Crippen LogP contribution in [0.25, 0.3) is 0 Å². The summed E-state index contributed by atoms with van der Waals surface area (Å²) in [5, 5.41) is 9.11. The van der Waals surface area contributed by atoms with Gasteiger partial charge in [-0.25, -0.2) is 5.10 Å². The predicted octanol–water partition coefficient (Wildman–Crippen LogP) is 0.885. The number of H-pyrrole nitrogens is 1. The third-order valence-corrected chi connectivity index (χ3v) is 2.52. The quantitative estimate of drug-likeness (QED) is 0.757. The number of hydrogen-bond acceptors (Lipinski definition) is 4. The molecule has 2 N–H and O–H groups in total. The van der Waals surface area contributed by atoms with E-state index in [-0.39, 0.29) is 5.91 Å². The molecule has 0 aliphatic carbocycles. The molecular weight excluding hydrogens is 188 g/mol. The maximum atomic E-state index is 11.3. The Bertz CT molecular complexity index is 261. The second-order valence-electron chi connectivity index (χ2n) is 2.63. The molecule has 0 radical (unpaired) electrons. The van der Waals surface area contributed by atoms with E-state index in [1.54, 1.807) is 11.8 Å². The molecule has 0 saturated heterocycles.